The highest BCUT2D eigenvalue weighted by Gasteiger charge is 2.26. The van der Waals surface area contributed by atoms with Gasteiger partial charge in [-0.1, -0.05) is 26.7 Å². The molecule has 21 heavy (non-hydrogen) atoms. The van der Waals surface area contributed by atoms with Crippen LogP contribution in [-0.4, -0.2) is 15.6 Å². The molecule has 0 radical (unpaired) electrons. The maximum absolute atomic E-state index is 11.6. The number of anilines is 1. The maximum Gasteiger partial charge on any atom is 0.330 e. The van der Waals surface area contributed by atoms with E-state index in [9.17, 15) is 4.79 Å². The quantitative estimate of drug-likeness (QED) is 0.908. The molecule has 1 aliphatic rings. The Morgan fingerprint density at radius 3 is 2.62 bits per heavy atom. The molecule has 0 saturated heterocycles. The van der Waals surface area contributed by atoms with Crippen LogP contribution < -0.4 is 11.0 Å². The lowest BCUT2D eigenvalue weighted by Crippen LogP contribution is -2.34. The number of hydrogen-bond acceptors (Lipinski definition) is 2. The van der Waals surface area contributed by atoms with E-state index in [0.29, 0.717) is 12.0 Å². The van der Waals surface area contributed by atoms with Crippen LogP contribution in [0.4, 0.5) is 5.69 Å². The van der Waals surface area contributed by atoms with Gasteiger partial charge in [-0.05, 0) is 42.5 Å². The van der Waals surface area contributed by atoms with Gasteiger partial charge in [0.2, 0.25) is 0 Å². The number of H-pyrrole nitrogens is 1. The predicted molar refractivity (Wildman–Crippen MR) is 86.0 cm³/mol. The number of nitrogens with one attached hydrogen (secondary N) is 2. The van der Waals surface area contributed by atoms with Gasteiger partial charge < -0.3 is 10.3 Å². The predicted octanol–water partition coefficient (Wildman–Crippen LogP) is 3.40. The lowest BCUT2D eigenvalue weighted by atomic mass is 9.78. The van der Waals surface area contributed by atoms with Crippen LogP contribution in [0.1, 0.15) is 33.1 Å². The monoisotopic (exact) mass is 285 g/mol. The third kappa shape index (κ3) is 2.89. The number of rotatable bonds is 3. The van der Waals surface area contributed by atoms with Gasteiger partial charge in [-0.15, -0.1) is 0 Å². The second-order valence-corrected chi connectivity index (χ2v) is 6.20. The van der Waals surface area contributed by atoms with Crippen LogP contribution in [0.15, 0.2) is 41.5 Å². The number of benzene rings is 1. The average Bonchev–Trinajstić information content (AvgIpc) is 2.91. The van der Waals surface area contributed by atoms with Crippen molar-refractivity contribution in [1.82, 2.24) is 9.55 Å². The molecular weight excluding hydrogens is 262 g/mol. The third-order valence-electron chi connectivity index (χ3n) is 4.85. The van der Waals surface area contributed by atoms with Gasteiger partial charge in [0.05, 0.1) is 5.69 Å². The Labute approximate surface area is 125 Å². The fourth-order valence-corrected chi connectivity index (χ4v) is 3.24. The molecule has 0 aliphatic heterocycles. The summed E-state index contributed by atoms with van der Waals surface area (Å²) in [6.45, 7) is 4.69. The second kappa shape index (κ2) is 5.80. The topological polar surface area (TPSA) is 49.8 Å². The van der Waals surface area contributed by atoms with Crippen LogP contribution in [0.25, 0.3) is 5.69 Å². The zero-order valence-electron chi connectivity index (χ0n) is 12.7. The first kappa shape index (κ1) is 14.0. The van der Waals surface area contributed by atoms with E-state index in [2.05, 4.69) is 36.3 Å². The van der Waals surface area contributed by atoms with Gasteiger partial charge in [0.25, 0.3) is 0 Å². The zero-order chi connectivity index (χ0) is 14.8. The van der Waals surface area contributed by atoms with Gasteiger partial charge in [0.15, 0.2) is 0 Å². The van der Waals surface area contributed by atoms with Crippen LogP contribution in [0, 0.1) is 11.8 Å². The fraction of sp³-hybridized carbons (Fsp3) is 0.471. The first-order valence-electron chi connectivity index (χ1n) is 7.78. The van der Waals surface area contributed by atoms with Crippen LogP contribution in [-0.2, 0) is 0 Å². The van der Waals surface area contributed by atoms with Crippen molar-refractivity contribution in [3.8, 4) is 5.69 Å². The van der Waals surface area contributed by atoms with Crippen LogP contribution in [0.3, 0.4) is 0 Å². The molecule has 2 aromatic rings. The summed E-state index contributed by atoms with van der Waals surface area (Å²) in [7, 11) is 0. The molecule has 112 valence electrons. The molecule has 1 saturated carbocycles. The molecule has 1 aromatic heterocycles. The first-order valence-corrected chi connectivity index (χ1v) is 7.78. The number of aromatic nitrogens is 2. The molecule has 2 N–H and O–H groups in total. The van der Waals surface area contributed by atoms with E-state index in [1.54, 1.807) is 17.0 Å². The molecule has 1 aliphatic carbocycles. The molecule has 1 aromatic carbocycles. The molecule has 4 nitrogen and oxygen atoms in total. The minimum atomic E-state index is -0.106. The summed E-state index contributed by atoms with van der Waals surface area (Å²) < 4.78 is 1.61. The third-order valence-corrected chi connectivity index (χ3v) is 4.85. The molecular formula is C17H23N3O. The van der Waals surface area contributed by atoms with Crippen molar-refractivity contribution < 1.29 is 0 Å². The van der Waals surface area contributed by atoms with Gasteiger partial charge >= 0.3 is 5.69 Å². The molecule has 1 fully saturated rings. The highest BCUT2D eigenvalue weighted by Crippen LogP contribution is 2.31. The molecule has 0 bridgehead atoms. The first-order chi connectivity index (χ1) is 10.1. The summed E-state index contributed by atoms with van der Waals surface area (Å²) in [6, 6.07) is 8.62. The average molecular weight is 285 g/mol. The smallest absolute Gasteiger partial charge is 0.330 e. The van der Waals surface area contributed by atoms with Gasteiger partial charge in [0.1, 0.15) is 0 Å². The van der Waals surface area contributed by atoms with Crippen LogP contribution in [0.5, 0.6) is 0 Å². The Hall–Kier alpha value is -1.97. The summed E-state index contributed by atoms with van der Waals surface area (Å²) in [5.74, 6) is 1.49. The van der Waals surface area contributed by atoms with Crippen molar-refractivity contribution in [2.24, 2.45) is 11.8 Å². The van der Waals surface area contributed by atoms with Crippen molar-refractivity contribution in [3.05, 3.63) is 47.1 Å². The molecule has 0 spiro atoms. The van der Waals surface area contributed by atoms with Gasteiger partial charge in [0, 0.05) is 24.1 Å². The Kier molecular flexibility index (Phi) is 3.86. The van der Waals surface area contributed by atoms with Crippen molar-refractivity contribution in [2.45, 2.75) is 39.2 Å². The fourth-order valence-electron chi connectivity index (χ4n) is 3.24. The number of aromatic amines is 1. The van der Waals surface area contributed by atoms with Gasteiger partial charge in [-0.25, -0.2) is 4.79 Å². The highest BCUT2D eigenvalue weighted by molar-refractivity contribution is 5.49. The van der Waals surface area contributed by atoms with E-state index in [0.717, 1.165) is 17.3 Å². The molecule has 3 rings (SSSR count). The van der Waals surface area contributed by atoms with Crippen molar-refractivity contribution in [1.29, 1.82) is 0 Å². The largest absolute Gasteiger partial charge is 0.382 e. The van der Waals surface area contributed by atoms with Gasteiger partial charge in [-0.2, -0.15) is 0 Å². The Bertz CT molecular complexity index is 641. The molecule has 1 heterocycles. The van der Waals surface area contributed by atoms with Crippen LogP contribution >= 0.6 is 0 Å². The van der Waals surface area contributed by atoms with E-state index < -0.39 is 0 Å². The van der Waals surface area contributed by atoms with Crippen molar-refractivity contribution in [2.75, 3.05) is 5.32 Å². The van der Waals surface area contributed by atoms with E-state index in [1.165, 1.54) is 19.3 Å². The number of nitrogens with zero attached hydrogens (tertiary/aromatic N) is 1. The van der Waals surface area contributed by atoms with Crippen molar-refractivity contribution in [3.63, 3.8) is 0 Å². The zero-order valence-corrected chi connectivity index (χ0v) is 12.7. The molecule has 3 atom stereocenters. The lowest BCUT2D eigenvalue weighted by Gasteiger charge is -2.35. The SMILES string of the molecule is CC1CCCC(Nc2ccc(-n3cc[nH]c3=O)cc2)C1C. The molecule has 0 amide bonds. The summed E-state index contributed by atoms with van der Waals surface area (Å²) in [4.78, 5) is 14.2. The Balaban J connectivity index is 1.73. The van der Waals surface area contributed by atoms with E-state index in [4.69, 9.17) is 0 Å². The molecule has 4 heteroatoms. The molecule has 3 unspecified atom stereocenters. The minimum Gasteiger partial charge on any atom is -0.382 e. The van der Waals surface area contributed by atoms with Crippen LogP contribution in [0.2, 0.25) is 0 Å². The lowest BCUT2D eigenvalue weighted by molar-refractivity contribution is 0.253. The normalized spacial score (nSPS) is 25.7. The van der Waals surface area contributed by atoms with E-state index in [-0.39, 0.29) is 5.69 Å². The van der Waals surface area contributed by atoms with Gasteiger partial charge in [-0.3, -0.25) is 4.57 Å². The second-order valence-electron chi connectivity index (χ2n) is 6.20. The van der Waals surface area contributed by atoms with E-state index in [1.807, 2.05) is 12.1 Å². The summed E-state index contributed by atoms with van der Waals surface area (Å²) in [5, 5.41) is 3.65. The highest BCUT2D eigenvalue weighted by atomic mass is 16.1. The minimum absolute atomic E-state index is 0.106. The van der Waals surface area contributed by atoms with Crippen molar-refractivity contribution >= 4 is 5.69 Å². The van der Waals surface area contributed by atoms with E-state index >= 15 is 0 Å². The summed E-state index contributed by atoms with van der Waals surface area (Å²) in [6.07, 6.45) is 7.29. The number of hydrogen-bond donors (Lipinski definition) is 2. The maximum atomic E-state index is 11.6. The summed E-state index contributed by atoms with van der Waals surface area (Å²) in [5.41, 5.74) is 1.91. The summed E-state index contributed by atoms with van der Waals surface area (Å²) >= 11 is 0. The Morgan fingerprint density at radius 1 is 1.19 bits per heavy atom. The number of imidazole rings is 1. The standard InChI is InChI=1S/C17H23N3O/c1-12-4-3-5-16(13(12)2)19-14-6-8-15(9-7-14)20-11-10-18-17(20)21/h6-13,16,19H,3-5H2,1-2H3,(H,18,21). The Morgan fingerprint density at radius 2 is 1.95 bits per heavy atom.